The SMILES string of the molecule is CCNC1C(=O)Nc2cc(Sc3nnc(C)n3C)ccc21. The topological polar surface area (TPSA) is 71.8 Å². The number of anilines is 1. The summed E-state index contributed by atoms with van der Waals surface area (Å²) in [5.41, 5.74) is 1.87. The molecule has 1 unspecified atom stereocenters. The lowest BCUT2D eigenvalue weighted by Gasteiger charge is -2.09. The molecule has 0 aliphatic carbocycles. The Morgan fingerprint density at radius 3 is 2.90 bits per heavy atom. The van der Waals surface area contributed by atoms with E-state index in [9.17, 15) is 4.79 Å². The van der Waals surface area contributed by atoms with Crippen LogP contribution in [-0.4, -0.2) is 27.2 Å². The average molecular weight is 303 g/mol. The second-order valence-corrected chi connectivity index (χ2v) is 5.96. The molecule has 0 spiro atoms. The Bertz CT molecular complexity index is 697. The zero-order valence-corrected chi connectivity index (χ0v) is 13.0. The van der Waals surface area contributed by atoms with Crippen LogP contribution < -0.4 is 10.6 Å². The number of hydrogen-bond acceptors (Lipinski definition) is 5. The molecule has 0 saturated heterocycles. The number of rotatable bonds is 4. The predicted molar refractivity (Wildman–Crippen MR) is 81.4 cm³/mol. The lowest BCUT2D eigenvalue weighted by Crippen LogP contribution is -2.27. The van der Waals surface area contributed by atoms with Gasteiger partial charge >= 0.3 is 0 Å². The summed E-state index contributed by atoms with van der Waals surface area (Å²) in [6.45, 7) is 4.67. The summed E-state index contributed by atoms with van der Waals surface area (Å²) in [7, 11) is 1.94. The number of hydrogen-bond donors (Lipinski definition) is 2. The first kappa shape index (κ1) is 14.1. The van der Waals surface area contributed by atoms with Crippen LogP contribution in [-0.2, 0) is 11.8 Å². The van der Waals surface area contributed by atoms with E-state index >= 15 is 0 Å². The van der Waals surface area contributed by atoms with Gasteiger partial charge in [0.2, 0.25) is 5.91 Å². The van der Waals surface area contributed by atoms with E-state index in [1.807, 2.05) is 43.7 Å². The van der Waals surface area contributed by atoms with Gasteiger partial charge in [-0.25, -0.2) is 0 Å². The third kappa shape index (κ3) is 2.54. The zero-order chi connectivity index (χ0) is 15.0. The molecule has 21 heavy (non-hydrogen) atoms. The molecule has 1 aliphatic heterocycles. The van der Waals surface area contributed by atoms with E-state index in [1.54, 1.807) is 0 Å². The van der Waals surface area contributed by atoms with Crippen molar-refractivity contribution < 1.29 is 4.79 Å². The quantitative estimate of drug-likeness (QED) is 0.902. The number of aromatic nitrogens is 3. The number of nitrogens with one attached hydrogen (secondary N) is 2. The molecule has 2 heterocycles. The van der Waals surface area contributed by atoms with Crippen molar-refractivity contribution in [2.24, 2.45) is 7.05 Å². The Balaban J connectivity index is 1.86. The largest absolute Gasteiger partial charge is 0.324 e. The highest BCUT2D eigenvalue weighted by Gasteiger charge is 2.29. The van der Waals surface area contributed by atoms with Gasteiger partial charge in [0.25, 0.3) is 0 Å². The predicted octanol–water partition coefficient (Wildman–Crippen LogP) is 1.88. The van der Waals surface area contributed by atoms with Gasteiger partial charge in [-0.05, 0) is 37.4 Å². The van der Waals surface area contributed by atoms with Gasteiger partial charge in [-0.15, -0.1) is 10.2 Å². The minimum atomic E-state index is -0.249. The van der Waals surface area contributed by atoms with Crippen LogP contribution in [0.2, 0.25) is 0 Å². The molecule has 110 valence electrons. The highest BCUT2D eigenvalue weighted by Crippen LogP contribution is 2.35. The number of fused-ring (bicyclic) bond motifs is 1. The van der Waals surface area contributed by atoms with Gasteiger partial charge in [0.15, 0.2) is 5.16 Å². The van der Waals surface area contributed by atoms with E-state index in [-0.39, 0.29) is 11.9 Å². The first-order chi connectivity index (χ1) is 10.1. The Morgan fingerprint density at radius 2 is 2.24 bits per heavy atom. The number of amides is 1. The number of benzene rings is 1. The van der Waals surface area contributed by atoms with E-state index in [1.165, 1.54) is 11.8 Å². The molecule has 3 rings (SSSR count). The van der Waals surface area contributed by atoms with Crippen LogP contribution in [0.5, 0.6) is 0 Å². The zero-order valence-electron chi connectivity index (χ0n) is 12.2. The lowest BCUT2D eigenvalue weighted by molar-refractivity contribution is -0.117. The molecule has 1 aliphatic rings. The summed E-state index contributed by atoms with van der Waals surface area (Å²) in [6, 6.07) is 5.74. The van der Waals surface area contributed by atoms with Crippen LogP contribution in [0.1, 0.15) is 24.4 Å². The molecule has 2 N–H and O–H groups in total. The fraction of sp³-hybridized carbons (Fsp3) is 0.357. The van der Waals surface area contributed by atoms with Crippen molar-refractivity contribution in [1.29, 1.82) is 0 Å². The molecule has 0 fully saturated rings. The smallest absolute Gasteiger partial charge is 0.246 e. The van der Waals surface area contributed by atoms with Crippen molar-refractivity contribution in [1.82, 2.24) is 20.1 Å². The number of nitrogens with zero attached hydrogens (tertiary/aromatic N) is 3. The van der Waals surface area contributed by atoms with Gasteiger partial charge in [0.05, 0.1) is 0 Å². The highest BCUT2D eigenvalue weighted by atomic mass is 32.2. The maximum atomic E-state index is 11.9. The van der Waals surface area contributed by atoms with Gasteiger partial charge in [-0.2, -0.15) is 0 Å². The Morgan fingerprint density at radius 1 is 1.43 bits per heavy atom. The molecular weight excluding hydrogens is 286 g/mol. The molecule has 2 aromatic rings. The van der Waals surface area contributed by atoms with Crippen molar-refractivity contribution in [3.05, 3.63) is 29.6 Å². The monoisotopic (exact) mass is 303 g/mol. The number of likely N-dealkylation sites (N-methyl/N-ethyl adjacent to an activating group) is 1. The Kier molecular flexibility index (Phi) is 3.69. The van der Waals surface area contributed by atoms with Gasteiger partial charge in [0, 0.05) is 23.2 Å². The first-order valence-electron chi connectivity index (χ1n) is 6.82. The van der Waals surface area contributed by atoms with Crippen molar-refractivity contribution in [2.45, 2.75) is 29.9 Å². The Hall–Kier alpha value is -1.86. The lowest BCUT2D eigenvalue weighted by atomic mass is 10.1. The molecule has 0 bridgehead atoms. The molecular formula is C14H17N5OS. The average Bonchev–Trinajstić information content (AvgIpc) is 2.94. The minimum Gasteiger partial charge on any atom is -0.324 e. The number of carbonyl (C=O) groups is 1. The minimum absolute atomic E-state index is 0.00324. The second-order valence-electron chi connectivity index (χ2n) is 4.92. The summed E-state index contributed by atoms with van der Waals surface area (Å²) in [4.78, 5) is 13.0. The molecule has 1 atom stereocenters. The molecule has 0 saturated carbocycles. The highest BCUT2D eigenvalue weighted by molar-refractivity contribution is 7.99. The molecule has 0 radical (unpaired) electrons. The normalized spacial score (nSPS) is 16.9. The fourth-order valence-electron chi connectivity index (χ4n) is 2.29. The summed E-state index contributed by atoms with van der Waals surface area (Å²) in [6.07, 6.45) is 0. The van der Waals surface area contributed by atoms with E-state index in [0.717, 1.165) is 33.7 Å². The van der Waals surface area contributed by atoms with Crippen molar-refractivity contribution in [3.8, 4) is 0 Å². The fourth-order valence-corrected chi connectivity index (χ4v) is 3.17. The standard InChI is InChI=1S/C14H17N5OS/c1-4-15-12-10-6-5-9(7-11(10)16-13(12)20)21-14-18-17-8(2)19(14)3/h5-7,12,15H,4H2,1-3H3,(H,16,20). The van der Waals surface area contributed by atoms with Crippen molar-refractivity contribution >= 4 is 23.4 Å². The summed E-state index contributed by atoms with van der Waals surface area (Å²) < 4.78 is 1.94. The van der Waals surface area contributed by atoms with Crippen LogP contribution in [0, 0.1) is 6.92 Å². The maximum Gasteiger partial charge on any atom is 0.246 e. The first-order valence-corrected chi connectivity index (χ1v) is 7.64. The van der Waals surface area contributed by atoms with Gasteiger partial charge in [0.1, 0.15) is 11.9 Å². The van der Waals surface area contributed by atoms with Crippen LogP contribution in [0.25, 0.3) is 0 Å². The van der Waals surface area contributed by atoms with Crippen molar-refractivity contribution in [3.63, 3.8) is 0 Å². The van der Waals surface area contributed by atoms with Crippen molar-refractivity contribution in [2.75, 3.05) is 11.9 Å². The van der Waals surface area contributed by atoms with Gasteiger partial charge < -0.3 is 15.2 Å². The van der Waals surface area contributed by atoms with E-state index in [0.29, 0.717) is 0 Å². The van der Waals surface area contributed by atoms with E-state index in [4.69, 9.17) is 0 Å². The van der Waals surface area contributed by atoms with Crippen LogP contribution >= 0.6 is 11.8 Å². The van der Waals surface area contributed by atoms with Crippen LogP contribution in [0.15, 0.2) is 28.3 Å². The summed E-state index contributed by atoms with van der Waals surface area (Å²) in [5.74, 6) is 0.877. The maximum absolute atomic E-state index is 11.9. The third-order valence-electron chi connectivity index (χ3n) is 3.53. The third-order valence-corrected chi connectivity index (χ3v) is 4.55. The number of carbonyl (C=O) groups excluding carboxylic acids is 1. The van der Waals surface area contributed by atoms with Gasteiger partial charge in [-0.3, -0.25) is 4.79 Å². The Labute approximate surface area is 127 Å². The van der Waals surface area contributed by atoms with Crippen LogP contribution in [0.3, 0.4) is 0 Å². The second kappa shape index (κ2) is 5.50. The molecule has 6 nitrogen and oxygen atoms in total. The molecule has 1 aromatic heterocycles. The molecule has 1 amide bonds. The van der Waals surface area contributed by atoms with E-state index < -0.39 is 0 Å². The van der Waals surface area contributed by atoms with E-state index in [2.05, 4.69) is 20.8 Å². The summed E-state index contributed by atoms with van der Waals surface area (Å²) in [5, 5.41) is 15.1. The van der Waals surface area contributed by atoms with Crippen LogP contribution in [0.4, 0.5) is 5.69 Å². The number of aryl methyl sites for hydroxylation is 1. The van der Waals surface area contributed by atoms with Gasteiger partial charge in [-0.1, -0.05) is 13.0 Å². The summed E-state index contributed by atoms with van der Waals surface area (Å²) >= 11 is 1.53. The molecule has 7 heteroatoms. The molecule has 1 aromatic carbocycles.